The molecule has 5 unspecified atom stereocenters. The molecule has 17 heavy (non-hydrogen) atoms. The summed E-state index contributed by atoms with van der Waals surface area (Å²) in [4.78, 5) is 0. The van der Waals surface area contributed by atoms with Crippen LogP contribution in [-0.2, 0) is 0 Å². The van der Waals surface area contributed by atoms with E-state index in [9.17, 15) is 0 Å². The first-order chi connectivity index (χ1) is 8.03. The largest absolute Gasteiger partial charge is 0.0625 e. The summed E-state index contributed by atoms with van der Waals surface area (Å²) < 4.78 is 0. The topological polar surface area (TPSA) is 0 Å². The minimum atomic E-state index is 0.747. The second-order valence-electron chi connectivity index (χ2n) is 8.61. The van der Waals surface area contributed by atoms with Crippen LogP contribution in [0.25, 0.3) is 0 Å². The Bertz CT molecular complexity index is 346. The van der Waals surface area contributed by atoms with Crippen molar-refractivity contribution in [3.05, 3.63) is 0 Å². The number of fused-ring (bicyclic) bond motifs is 5. The maximum Gasteiger partial charge on any atom is -0.0264 e. The summed E-state index contributed by atoms with van der Waals surface area (Å²) in [5, 5.41) is 0. The number of hydrogen-bond acceptors (Lipinski definition) is 0. The molecule has 0 bridgehead atoms. The molecule has 4 aliphatic carbocycles. The molecule has 0 heterocycles. The molecular formula is C17H28. The van der Waals surface area contributed by atoms with E-state index >= 15 is 0 Å². The van der Waals surface area contributed by atoms with Crippen molar-refractivity contribution >= 4 is 0 Å². The zero-order chi connectivity index (χ0) is 11.8. The maximum absolute atomic E-state index is 2.66. The third kappa shape index (κ3) is 1.21. The first kappa shape index (κ1) is 10.9. The van der Waals surface area contributed by atoms with E-state index in [1.54, 1.807) is 38.5 Å². The molecule has 0 aliphatic heterocycles. The number of hydrogen-bond donors (Lipinski definition) is 0. The van der Waals surface area contributed by atoms with Crippen molar-refractivity contribution in [1.82, 2.24) is 0 Å². The Balaban J connectivity index is 1.68. The standard InChI is InChI=1S/C17H28/c1-11-7-12-8-13-14-5-4-6-16(14,2)10-15(13)17(12,3)9-11/h11-15H,4-10H2,1-3H3/t11-,12?,13?,14?,15?,16?,17+/m1/s1. The van der Waals surface area contributed by atoms with Crippen LogP contribution in [0.4, 0.5) is 0 Å². The molecule has 96 valence electrons. The Hall–Kier alpha value is 0. The van der Waals surface area contributed by atoms with Crippen LogP contribution in [0.15, 0.2) is 0 Å². The monoisotopic (exact) mass is 232 g/mol. The van der Waals surface area contributed by atoms with E-state index in [1.807, 2.05) is 0 Å². The van der Waals surface area contributed by atoms with Crippen LogP contribution in [0, 0.1) is 40.4 Å². The van der Waals surface area contributed by atoms with E-state index in [1.165, 1.54) is 6.42 Å². The smallest absolute Gasteiger partial charge is 0.0264 e. The molecule has 4 fully saturated rings. The summed E-state index contributed by atoms with van der Waals surface area (Å²) in [5.74, 6) is 5.46. The van der Waals surface area contributed by atoms with Crippen LogP contribution in [0.2, 0.25) is 0 Å². The van der Waals surface area contributed by atoms with Gasteiger partial charge in [-0.1, -0.05) is 27.2 Å². The Morgan fingerprint density at radius 2 is 1.82 bits per heavy atom. The van der Waals surface area contributed by atoms with E-state index in [-0.39, 0.29) is 0 Å². The molecule has 0 aromatic heterocycles. The Labute approximate surface area is 107 Å². The molecule has 0 nitrogen and oxygen atoms in total. The molecule has 4 rings (SSSR count). The highest BCUT2D eigenvalue weighted by molar-refractivity contribution is 5.13. The first-order valence-corrected chi connectivity index (χ1v) is 8.03. The second-order valence-corrected chi connectivity index (χ2v) is 8.61. The molecule has 0 aromatic rings. The van der Waals surface area contributed by atoms with Crippen LogP contribution in [0.5, 0.6) is 0 Å². The quantitative estimate of drug-likeness (QED) is 0.558. The van der Waals surface area contributed by atoms with Crippen LogP contribution in [0.1, 0.15) is 65.7 Å². The van der Waals surface area contributed by atoms with Crippen LogP contribution in [-0.4, -0.2) is 0 Å². The van der Waals surface area contributed by atoms with Crippen LogP contribution < -0.4 is 0 Å². The van der Waals surface area contributed by atoms with Gasteiger partial charge >= 0.3 is 0 Å². The summed E-state index contributed by atoms with van der Waals surface area (Å²) >= 11 is 0. The zero-order valence-corrected chi connectivity index (χ0v) is 11.8. The lowest BCUT2D eigenvalue weighted by atomic mass is 9.71. The van der Waals surface area contributed by atoms with Gasteiger partial charge in [0.2, 0.25) is 0 Å². The predicted molar refractivity (Wildman–Crippen MR) is 71.7 cm³/mol. The highest BCUT2D eigenvalue weighted by atomic mass is 14.7. The molecule has 0 aromatic carbocycles. The van der Waals surface area contributed by atoms with Gasteiger partial charge in [0.25, 0.3) is 0 Å². The van der Waals surface area contributed by atoms with E-state index in [2.05, 4.69) is 20.8 Å². The van der Waals surface area contributed by atoms with Gasteiger partial charge in [0.15, 0.2) is 0 Å². The van der Waals surface area contributed by atoms with Crippen molar-refractivity contribution in [1.29, 1.82) is 0 Å². The van der Waals surface area contributed by atoms with Gasteiger partial charge in [-0.15, -0.1) is 0 Å². The molecule has 4 aliphatic rings. The van der Waals surface area contributed by atoms with E-state index < -0.39 is 0 Å². The molecule has 0 radical (unpaired) electrons. The summed E-state index contributed by atoms with van der Waals surface area (Å²) in [5.41, 5.74) is 1.51. The lowest BCUT2D eigenvalue weighted by molar-refractivity contribution is 0.155. The van der Waals surface area contributed by atoms with Gasteiger partial charge in [0.1, 0.15) is 0 Å². The zero-order valence-electron chi connectivity index (χ0n) is 11.8. The van der Waals surface area contributed by atoms with Gasteiger partial charge in [0.05, 0.1) is 0 Å². The molecule has 0 saturated heterocycles. The average molecular weight is 232 g/mol. The molecule has 0 spiro atoms. The van der Waals surface area contributed by atoms with E-state index in [0.717, 1.165) is 40.4 Å². The van der Waals surface area contributed by atoms with Crippen molar-refractivity contribution in [2.24, 2.45) is 40.4 Å². The highest BCUT2D eigenvalue weighted by Gasteiger charge is 2.64. The van der Waals surface area contributed by atoms with Gasteiger partial charge in [-0.05, 0) is 78.9 Å². The van der Waals surface area contributed by atoms with Crippen molar-refractivity contribution in [2.75, 3.05) is 0 Å². The Morgan fingerprint density at radius 1 is 1.00 bits per heavy atom. The minimum absolute atomic E-state index is 0.747. The summed E-state index contributed by atoms with van der Waals surface area (Å²) in [7, 11) is 0. The second kappa shape index (κ2) is 3.11. The Kier molecular flexibility index (Phi) is 1.99. The van der Waals surface area contributed by atoms with Crippen molar-refractivity contribution in [3.63, 3.8) is 0 Å². The normalized spacial score (nSPS) is 64.8. The average Bonchev–Trinajstić information content (AvgIpc) is 2.85. The van der Waals surface area contributed by atoms with Gasteiger partial charge in [-0.25, -0.2) is 0 Å². The predicted octanol–water partition coefficient (Wildman–Crippen LogP) is 4.89. The third-order valence-electron chi connectivity index (χ3n) is 7.69. The molecule has 0 amide bonds. The molecule has 0 heteroatoms. The molecule has 7 atom stereocenters. The fraction of sp³-hybridized carbons (Fsp3) is 1.00. The van der Waals surface area contributed by atoms with E-state index in [4.69, 9.17) is 0 Å². The Morgan fingerprint density at radius 3 is 2.65 bits per heavy atom. The van der Waals surface area contributed by atoms with Gasteiger partial charge in [0, 0.05) is 0 Å². The maximum atomic E-state index is 2.66. The lowest BCUT2D eigenvalue weighted by Crippen LogP contribution is -2.26. The van der Waals surface area contributed by atoms with Gasteiger partial charge in [-0.3, -0.25) is 0 Å². The summed E-state index contributed by atoms with van der Waals surface area (Å²) in [6.45, 7) is 7.78. The highest BCUT2D eigenvalue weighted by Crippen LogP contribution is 2.72. The molecular weight excluding hydrogens is 204 g/mol. The first-order valence-electron chi connectivity index (χ1n) is 8.03. The fourth-order valence-corrected chi connectivity index (χ4v) is 7.13. The van der Waals surface area contributed by atoms with Crippen LogP contribution in [0.3, 0.4) is 0 Å². The molecule has 0 N–H and O–H groups in total. The SMILES string of the molecule is C[C@@H]1CC2CC3C4CCCC4(C)CC3[C@@]2(C)C1. The van der Waals surface area contributed by atoms with Crippen molar-refractivity contribution < 1.29 is 0 Å². The third-order valence-corrected chi connectivity index (χ3v) is 7.69. The fourth-order valence-electron chi connectivity index (χ4n) is 7.13. The molecule has 4 saturated carbocycles. The lowest BCUT2D eigenvalue weighted by Gasteiger charge is -2.33. The van der Waals surface area contributed by atoms with Crippen molar-refractivity contribution in [3.8, 4) is 0 Å². The van der Waals surface area contributed by atoms with Crippen molar-refractivity contribution in [2.45, 2.75) is 65.7 Å². The summed E-state index contributed by atoms with van der Waals surface area (Å²) in [6.07, 6.45) is 10.9. The summed E-state index contributed by atoms with van der Waals surface area (Å²) in [6, 6.07) is 0. The van der Waals surface area contributed by atoms with Gasteiger partial charge in [-0.2, -0.15) is 0 Å². The van der Waals surface area contributed by atoms with Gasteiger partial charge < -0.3 is 0 Å². The van der Waals surface area contributed by atoms with Crippen LogP contribution >= 0.6 is 0 Å². The van der Waals surface area contributed by atoms with E-state index in [0.29, 0.717) is 0 Å². The number of rotatable bonds is 0. The minimum Gasteiger partial charge on any atom is -0.0625 e.